The molecule has 1 aromatic heterocycles. The second kappa shape index (κ2) is 10.8. The molecule has 0 amide bonds. The molecule has 3 N–H and O–H groups in total. The Hall–Kier alpha value is -0.870. The van der Waals surface area contributed by atoms with Gasteiger partial charge < -0.3 is 15.8 Å². The number of nitrogens with one attached hydrogen (secondary N) is 1. The molecule has 120 valence electrons. The molecule has 0 unspecified atom stereocenters. The van der Waals surface area contributed by atoms with Crippen molar-refractivity contribution in [1.29, 1.82) is 0 Å². The summed E-state index contributed by atoms with van der Waals surface area (Å²) >= 11 is 0. The third-order valence-electron chi connectivity index (χ3n) is 3.22. The number of halogens is 1. The fourth-order valence-corrected chi connectivity index (χ4v) is 2.11. The van der Waals surface area contributed by atoms with Crippen molar-refractivity contribution in [3.05, 3.63) is 18.5 Å². The molecule has 1 saturated heterocycles. The molecular formula is C13H25IN6O. The maximum atomic E-state index is 5.81. The first-order valence-electron chi connectivity index (χ1n) is 7.16. The molecule has 0 aromatic carbocycles. The Morgan fingerprint density at radius 1 is 1.33 bits per heavy atom. The van der Waals surface area contributed by atoms with Gasteiger partial charge in [0.25, 0.3) is 0 Å². The molecule has 7 nitrogen and oxygen atoms in total. The van der Waals surface area contributed by atoms with Crippen molar-refractivity contribution in [2.45, 2.75) is 13.0 Å². The number of nitrogens with two attached hydrogens (primary N) is 1. The van der Waals surface area contributed by atoms with Crippen molar-refractivity contribution in [2.24, 2.45) is 10.7 Å². The molecule has 1 aliphatic rings. The van der Waals surface area contributed by atoms with Gasteiger partial charge in [0.1, 0.15) is 0 Å². The highest BCUT2D eigenvalue weighted by Gasteiger charge is 2.08. The summed E-state index contributed by atoms with van der Waals surface area (Å²) in [6.45, 7) is 7.10. The summed E-state index contributed by atoms with van der Waals surface area (Å²) in [5.74, 6) is 0.513. The summed E-state index contributed by atoms with van der Waals surface area (Å²) in [5, 5.41) is 7.21. The summed E-state index contributed by atoms with van der Waals surface area (Å²) in [6.07, 6.45) is 4.72. The second-order valence-electron chi connectivity index (χ2n) is 4.77. The minimum absolute atomic E-state index is 0. The van der Waals surface area contributed by atoms with Gasteiger partial charge >= 0.3 is 0 Å². The summed E-state index contributed by atoms with van der Waals surface area (Å²) in [7, 11) is 0. The number of rotatable bonds is 7. The Bertz CT molecular complexity index is 391. The average molecular weight is 408 g/mol. The molecule has 1 aliphatic heterocycles. The molecule has 0 aliphatic carbocycles. The van der Waals surface area contributed by atoms with Crippen molar-refractivity contribution >= 4 is 29.9 Å². The highest BCUT2D eigenvalue weighted by molar-refractivity contribution is 14.0. The molecule has 0 atom stereocenters. The number of hydrogen-bond acceptors (Lipinski definition) is 4. The predicted molar refractivity (Wildman–Crippen MR) is 94.0 cm³/mol. The zero-order valence-electron chi connectivity index (χ0n) is 12.3. The number of nitrogens with zero attached hydrogens (tertiary/aromatic N) is 4. The molecule has 0 spiro atoms. The molecule has 0 bridgehead atoms. The molecule has 1 fully saturated rings. The van der Waals surface area contributed by atoms with Gasteiger partial charge in [-0.3, -0.25) is 14.6 Å². The fraction of sp³-hybridized carbons (Fsp3) is 0.692. The lowest BCUT2D eigenvalue weighted by atomic mass is 10.3. The summed E-state index contributed by atoms with van der Waals surface area (Å²) in [4.78, 5) is 6.73. The lowest BCUT2D eigenvalue weighted by molar-refractivity contribution is 0.0377. The van der Waals surface area contributed by atoms with Gasteiger partial charge in [-0.15, -0.1) is 24.0 Å². The molecule has 0 radical (unpaired) electrons. The maximum absolute atomic E-state index is 5.81. The third kappa shape index (κ3) is 7.63. The third-order valence-corrected chi connectivity index (χ3v) is 3.22. The molecule has 0 saturated carbocycles. The maximum Gasteiger partial charge on any atom is 0.188 e. The van der Waals surface area contributed by atoms with Crippen LogP contribution in [0.25, 0.3) is 0 Å². The van der Waals surface area contributed by atoms with E-state index in [1.165, 1.54) is 0 Å². The predicted octanol–water partition coefficient (Wildman–Crippen LogP) is 0.128. The van der Waals surface area contributed by atoms with Crippen LogP contribution in [0.5, 0.6) is 0 Å². The Balaban J connectivity index is 0.00000220. The number of aromatic nitrogens is 2. The van der Waals surface area contributed by atoms with Crippen molar-refractivity contribution in [1.82, 2.24) is 20.0 Å². The molecule has 8 heteroatoms. The summed E-state index contributed by atoms with van der Waals surface area (Å²) in [6, 6.07) is 1.91. The van der Waals surface area contributed by atoms with E-state index in [9.17, 15) is 0 Å². The van der Waals surface area contributed by atoms with Gasteiger partial charge in [-0.25, -0.2) is 0 Å². The van der Waals surface area contributed by atoms with Crippen molar-refractivity contribution in [3.63, 3.8) is 0 Å². The first-order chi connectivity index (χ1) is 9.84. The second-order valence-corrected chi connectivity index (χ2v) is 4.77. The fourth-order valence-electron chi connectivity index (χ4n) is 2.11. The Kier molecular flexibility index (Phi) is 9.35. The number of morpholine rings is 1. The van der Waals surface area contributed by atoms with E-state index in [2.05, 4.69) is 20.3 Å². The summed E-state index contributed by atoms with van der Waals surface area (Å²) < 4.78 is 7.17. The molecule has 21 heavy (non-hydrogen) atoms. The van der Waals surface area contributed by atoms with Crippen LogP contribution in [0.3, 0.4) is 0 Å². The number of hydrogen-bond donors (Lipinski definition) is 2. The average Bonchev–Trinajstić information content (AvgIpc) is 2.98. The number of guanidine groups is 1. The first kappa shape index (κ1) is 18.2. The highest BCUT2D eigenvalue weighted by Crippen LogP contribution is 1.97. The van der Waals surface area contributed by atoms with Crippen molar-refractivity contribution in [2.75, 3.05) is 45.9 Å². The minimum atomic E-state index is 0. The Morgan fingerprint density at radius 2 is 2.14 bits per heavy atom. The van der Waals surface area contributed by atoms with Crippen LogP contribution in [0.2, 0.25) is 0 Å². The Morgan fingerprint density at radius 3 is 2.86 bits per heavy atom. The number of aliphatic imine (C=N–C) groups is 1. The van der Waals surface area contributed by atoms with Gasteiger partial charge in [0, 0.05) is 45.1 Å². The minimum Gasteiger partial charge on any atom is -0.379 e. The van der Waals surface area contributed by atoms with Crippen LogP contribution in [0.4, 0.5) is 0 Å². The van der Waals surface area contributed by atoms with Crippen LogP contribution in [0, 0.1) is 0 Å². The molecule has 1 aromatic rings. The standard InChI is InChI=1S/C13H24N6O.HI/c14-13(16-5-8-19-7-2-4-17-19)15-3-1-6-18-9-11-20-12-10-18;/h2,4,7H,1,3,5-6,8-12H2,(H3,14,15,16);1H. The zero-order chi connectivity index (χ0) is 14.0. The van der Waals surface area contributed by atoms with Crippen molar-refractivity contribution in [3.8, 4) is 0 Å². The van der Waals surface area contributed by atoms with Gasteiger partial charge in [0.05, 0.1) is 19.8 Å². The van der Waals surface area contributed by atoms with Crippen LogP contribution < -0.4 is 11.1 Å². The van der Waals surface area contributed by atoms with E-state index < -0.39 is 0 Å². The van der Waals surface area contributed by atoms with Gasteiger partial charge in [-0.1, -0.05) is 0 Å². The van der Waals surface area contributed by atoms with E-state index in [-0.39, 0.29) is 24.0 Å². The van der Waals surface area contributed by atoms with E-state index >= 15 is 0 Å². The molecular weight excluding hydrogens is 383 g/mol. The topological polar surface area (TPSA) is 80.7 Å². The van der Waals surface area contributed by atoms with E-state index in [1.807, 2.05) is 16.9 Å². The van der Waals surface area contributed by atoms with Crippen LogP contribution in [-0.4, -0.2) is 66.6 Å². The van der Waals surface area contributed by atoms with E-state index in [1.54, 1.807) is 6.20 Å². The molecule has 2 rings (SSSR count). The highest BCUT2D eigenvalue weighted by atomic mass is 127. The summed E-state index contributed by atoms with van der Waals surface area (Å²) in [5.41, 5.74) is 5.81. The monoisotopic (exact) mass is 408 g/mol. The van der Waals surface area contributed by atoms with Crippen LogP contribution >= 0.6 is 24.0 Å². The van der Waals surface area contributed by atoms with E-state index in [0.717, 1.165) is 58.9 Å². The van der Waals surface area contributed by atoms with Gasteiger partial charge in [0.15, 0.2) is 5.96 Å². The van der Waals surface area contributed by atoms with Crippen LogP contribution in [0.15, 0.2) is 23.5 Å². The van der Waals surface area contributed by atoms with E-state index in [0.29, 0.717) is 5.96 Å². The van der Waals surface area contributed by atoms with Crippen LogP contribution in [0.1, 0.15) is 6.42 Å². The van der Waals surface area contributed by atoms with E-state index in [4.69, 9.17) is 10.5 Å². The van der Waals surface area contributed by atoms with Gasteiger partial charge in [0.2, 0.25) is 0 Å². The van der Waals surface area contributed by atoms with Gasteiger partial charge in [-0.05, 0) is 12.5 Å². The quantitative estimate of drug-likeness (QED) is 0.290. The zero-order valence-corrected chi connectivity index (χ0v) is 14.6. The normalized spacial score (nSPS) is 16.5. The Labute approximate surface area is 142 Å². The number of ether oxygens (including phenoxy) is 1. The smallest absolute Gasteiger partial charge is 0.188 e. The van der Waals surface area contributed by atoms with Crippen LogP contribution in [-0.2, 0) is 11.3 Å². The van der Waals surface area contributed by atoms with Gasteiger partial charge in [-0.2, -0.15) is 5.10 Å². The largest absolute Gasteiger partial charge is 0.379 e. The van der Waals surface area contributed by atoms with Crippen molar-refractivity contribution < 1.29 is 4.74 Å². The SMILES string of the molecule is I.NC(=NCCCN1CCOCC1)NCCn1cccn1. The lowest BCUT2D eigenvalue weighted by Crippen LogP contribution is -2.37. The molecule has 2 heterocycles. The first-order valence-corrected chi connectivity index (χ1v) is 7.16. The lowest BCUT2D eigenvalue weighted by Gasteiger charge is -2.26.